The smallest absolute Gasteiger partial charge is 0.114 e. The lowest BCUT2D eigenvalue weighted by Crippen LogP contribution is -1.90. The predicted molar refractivity (Wildman–Crippen MR) is 33.9 cm³/mol. The maximum Gasteiger partial charge on any atom is 0.114 e. The zero-order valence-electron chi connectivity index (χ0n) is 5.31. The molecule has 0 N–H and O–H groups in total. The molecule has 0 bridgehead atoms. The first-order valence-electron chi connectivity index (χ1n) is 2.78. The molecule has 0 atom stereocenters. The first-order chi connectivity index (χ1) is 3.85. The molecule has 0 aromatic rings. The molecule has 0 saturated heterocycles. The Morgan fingerprint density at radius 2 is 2.25 bits per heavy atom. The van der Waals surface area contributed by atoms with Gasteiger partial charge in [0.05, 0.1) is 0 Å². The van der Waals surface area contributed by atoms with Crippen LogP contribution in [0, 0.1) is 11.3 Å². The molecule has 0 amide bonds. The molecule has 0 fully saturated rings. The van der Waals surface area contributed by atoms with Crippen molar-refractivity contribution >= 4 is 5.71 Å². The maximum absolute atomic E-state index is 8.28. The fourth-order valence-electron chi connectivity index (χ4n) is 0.417. The Balaban J connectivity index is 3.72. The van der Waals surface area contributed by atoms with Crippen LogP contribution in [-0.4, -0.2) is 12.3 Å². The number of rotatable bonds is 2. The molecule has 0 aliphatic carbocycles. The lowest BCUT2D eigenvalue weighted by Gasteiger charge is -1.85. The third-order valence-electron chi connectivity index (χ3n) is 0.813. The lowest BCUT2D eigenvalue weighted by molar-refractivity contribution is 1.11. The molecule has 0 rings (SSSR count). The fraction of sp³-hybridized carbons (Fsp3) is 0.667. The van der Waals surface area contributed by atoms with Crippen LogP contribution in [0.25, 0.3) is 0 Å². The number of hydrogen-bond acceptors (Lipinski definition) is 2. The van der Waals surface area contributed by atoms with Crippen molar-refractivity contribution in [2.45, 2.75) is 20.3 Å². The molecule has 0 radical (unpaired) electrons. The normalized spacial score (nSPS) is 10.9. The van der Waals surface area contributed by atoms with Gasteiger partial charge in [0, 0.05) is 6.54 Å². The topological polar surface area (TPSA) is 36.1 Å². The monoisotopic (exact) mass is 110 g/mol. The van der Waals surface area contributed by atoms with Crippen LogP contribution in [-0.2, 0) is 0 Å². The van der Waals surface area contributed by atoms with E-state index < -0.39 is 0 Å². The minimum absolute atomic E-state index is 0.646. The van der Waals surface area contributed by atoms with Crippen LogP contribution in [0.2, 0.25) is 0 Å². The molecule has 0 saturated carbocycles. The Morgan fingerprint density at radius 1 is 1.62 bits per heavy atom. The Morgan fingerprint density at radius 3 is 2.38 bits per heavy atom. The highest BCUT2D eigenvalue weighted by molar-refractivity contribution is 5.98. The third-order valence-corrected chi connectivity index (χ3v) is 0.813. The number of hydrogen-bond donors (Lipinski definition) is 0. The molecule has 0 aromatic heterocycles. The first-order valence-corrected chi connectivity index (χ1v) is 2.78. The quantitative estimate of drug-likeness (QED) is 0.495. The molecule has 0 aliphatic heterocycles. The van der Waals surface area contributed by atoms with Crippen molar-refractivity contribution in [2.24, 2.45) is 4.99 Å². The van der Waals surface area contributed by atoms with E-state index >= 15 is 0 Å². The van der Waals surface area contributed by atoms with Crippen LogP contribution >= 0.6 is 0 Å². The summed E-state index contributed by atoms with van der Waals surface area (Å²) in [4.78, 5) is 3.92. The molecule has 2 heteroatoms. The van der Waals surface area contributed by atoms with Crippen LogP contribution in [0.5, 0.6) is 0 Å². The summed E-state index contributed by atoms with van der Waals surface area (Å²) in [5, 5.41) is 8.28. The number of nitriles is 1. The van der Waals surface area contributed by atoms with Crippen molar-refractivity contribution in [2.75, 3.05) is 6.54 Å². The Labute approximate surface area is 49.9 Å². The standard InChI is InChI=1S/C6H10N2/c1-3-6(5-7)8-4-2/h3-4H2,1-2H3. The van der Waals surface area contributed by atoms with Gasteiger partial charge in [-0.05, 0) is 13.3 Å². The summed E-state index contributed by atoms with van der Waals surface area (Å²) >= 11 is 0. The van der Waals surface area contributed by atoms with E-state index in [9.17, 15) is 0 Å². The summed E-state index contributed by atoms with van der Waals surface area (Å²) in [6, 6.07) is 2.00. The van der Waals surface area contributed by atoms with E-state index in [1.165, 1.54) is 0 Å². The minimum Gasteiger partial charge on any atom is -0.279 e. The molecule has 0 heterocycles. The Hall–Kier alpha value is -0.840. The second-order valence-corrected chi connectivity index (χ2v) is 1.39. The van der Waals surface area contributed by atoms with Gasteiger partial charge < -0.3 is 0 Å². The van der Waals surface area contributed by atoms with Crippen molar-refractivity contribution in [3.63, 3.8) is 0 Å². The second-order valence-electron chi connectivity index (χ2n) is 1.39. The average molecular weight is 110 g/mol. The van der Waals surface area contributed by atoms with Gasteiger partial charge in [0.2, 0.25) is 0 Å². The molecular formula is C6H10N2. The molecule has 2 nitrogen and oxygen atoms in total. The summed E-state index contributed by atoms with van der Waals surface area (Å²) in [5.74, 6) is 0. The van der Waals surface area contributed by atoms with Gasteiger partial charge >= 0.3 is 0 Å². The number of aliphatic imine (C=N–C) groups is 1. The fourth-order valence-corrected chi connectivity index (χ4v) is 0.417. The molecule has 0 aliphatic rings. The largest absolute Gasteiger partial charge is 0.279 e. The summed E-state index contributed by atoms with van der Waals surface area (Å²) in [6.45, 7) is 4.57. The van der Waals surface area contributed by atoms with E-state index in [-0.39, 0.29) is 0 Å². The Bertz CT molecular complexity index is 119. The van der Waals surface area contributed by atoms with Gasteiger partial charge in [0.15, 0.2) is 0 Å². The van der Waals surface area contributed by atoms with E-state index in [0.717, 1.165) is 13.0 Å². The van der Waals surface area contributed by atoms with Crippen LogP contribution < -0.4 is 0 Å². The van der Waals surface area contributed by atoms with Crippen molar-refractivity contribution in [3.8, 4) is 6.07 Å². The van der Waals surface area contributed by atoms with Crippen molar-refractivity contribution < 1.29 is 0 Å². The third kappa shape index (κ3) is 2.35. The van der Waals surface area contributed by atoms with Crippen LogP contribution in [0.3, 0.4) is 0 Å². The van der Waals surface area contributed by atoms with Gasteiger partial charge in [0.25, 0.3) is 0 Å². The Kier molecular flexibility index (Phi) is 3.87. The highest BCUT2D eigenvalue weighted by atomic mass is 14.7. The minimum atomic E-state index is 0.646. The predicted octanol–water partition coefficient (Wildman–Crippen LogP) is 1.38. The zero-order chi connectivity index (χ0) is 6.41. The first kappa shape index (κ1) is 7.16. The summed E-state index contributed by atoms with van der Waals surface area (Å²) in [5.41, 5.74) is 0.646. The van der Waals surface area contributed by atoms with Crippen LogP contribution in [0.1, 0.15) is 20.3 Å². The summed E-state index contributed by atoms with van der Waals surface area (Å²) in [6.07, 6.45) is 0.754. The molecule has 8 heavy (non-hydrogen) atoms. The average Bonchev–Trinajstić information content (AvgIpc) is 1.83. The van der Waals surface area contributed by atoms with E-state index in [2.05, 4.69) is 4.99 Å². The van der Waals surface area contributed by atoms with Gasteiger partial charge in [-0.2, -0.15) is 5.26 Å². The van der Waals surface area contributed by atoms with Gasteiger partial charge in [-0.25, -0.2) is 0 Å². The summed E-state index contributed by atoms with van der Waals surface area (Å²) < 4.78 is 0. The van der Waals surface area contributed by atoms with Gasteiger partial charge in [-0.3, -0.25) is 4.99 Å². The number of nitrogens with zero attached hydrogens (tertiary/aromatic N) is 2. The van der Waals surface area contributed by atoms with Crippen molar-refractivity contribution in [1.29, 1.82) is 5.26 Å². The van der Waals surface area contributed by atoms with E-state index in [4.69, 9.17) is 5.26 Å². The highest BCUT2D eigenvalue weighted by Crippen LogP contribution is 1.82. The molecule has 0 aromatic carbocycles. The highest BCUT2D eigenvalue weighted by Gasteiger charge is 1.86. The SMILES string of the molecule is CCN=C(C#N)CC. The van der Waals surface area contributed by atoms with E-state index in [1.54, 1.807) is 0 Å². The molecule has 0 unspecified atom stereocenters. The van der Waals surface area contributed by atoms with Gasteiger partial charge in [0.1, 0.15) is 11.8 Å². The van der Waals surface area contributed by atoms with Crippen LogP contribution in [0.15, 0.2) is 4.99 Å². The molecule has 0 spiro atoms. The second kappa shape index (κ2) is 4.32. The maximum atomic E-state index is 8.28. The van der Waals surface area contributed by atoms with E-state index in [1.807, 2.05) is 19.9 Å². The van der Waals surface area contributed by atoms with E-state index in [0.29, 0.717) is 5.71 Å². The summed E-state index contributed by atoms with van der Waals surface area (Å²) in [7, 11) is 0. The van der Waals surface area contributed by atoms with Gasteiger partial charge in [-0.1, -0.05) is 6.92 Å². The lowest BCUT2D eigenvalue weighted by atomic mass is 10.3. The molecular weight excluding hydrogens is 100 g/mol. The van der Waals surface area contributed by atoms with Crippen molar-refractivity contribution in [3.05, 3.63) is 0 Å². The van der Waals surface area contributed by atoms with Crippen molar-refractivity contribution in [1.82, 2.24) is 0 Å². The van der Waals surface area contributed by atoms with Crippen LogP contribution in [0.4, 0.5) is 0 Å². The zero-order valence-corrected chi connectivity index (χ0v) is 5.31. The van der Waals surface area contributed by atoms with Gasteiger partial charge in [-0.15, -0.1) is 0 Å². The molecule has 44 valence electrons.